The van der Waals surface area contributed by atoms with Crippen molar-refractivity contribution in [1.82, 2.24) is 5.16 Å². The predicted octanol–water partition coefficient (Wildman–Crippen LogP) is 8.43. The average molecular weight is 503 g/mol. The van der Waals surface area contributed by atoms with Crippen molar-refractivity contribution in [3.05, 3.63) is 114 Å². The highest BCUT2D eigenvalue weighted by Gasteiger charge is 2.34. The molecule has 0 amide bonds. The van der Waals surface area contributed by atoms with Crippen molar-refractivity contribution in [1.29, 1.82) is 0 Å². The maximum Gasteiger partial charge on any atom is 0.336 e. The first-order chi connectivity index (χ1) is 18.6. The molecule has 0 bridgehead atoms. The molecule has 38 heavy (non-hydrogen) atoms. The second-order valence-corrected chi connectivity index (χ2v) is 9.43. The maximum absolute atomic E-state index is 12.4. The van der Waals surface area contributed by atoms with E-state index in [9.17, 15) is 9.90 Å². The molecule has 1 aliphatic carbocycles. The van der Waals surface area contributed by atoms with Gasteiger partial charge in [-0.05, 0) is 72.7 Å². The molecule has 0 radical (unpaired) electrons. The molecule has 1 aliphatic rings. The number of aromatic carboxylic acids is 1. The molecule has 6 heteroatoms. The first-order valence-corrected chi connectivity index (χ1v) is 12.6. The summed E-state index contributed by atoms with van der Waals surface area (Å²) in [7, 11) is 0. The molecule has 6 nitrogen and oxygen atoms in total. The lowest BCUT2D eigenvalue weighted by Gasteiger charge is -2.17. The number of nitrogens with one attached hydrogen (secondary N) is 1. The Bertz CT molecular complexity index is 1610. The molecule has 0 saturated heterocycles. The quantitative estimate of drug-likeness (QED) is 0.221. The third kappa shape index (κ3) is 4.64. The van der Waals surface area contributed by atoms with Crippen LogP contribution in [0.25, 0.3) is 22.5 Å². The molecule has 1 saturated carbocycles. The molecule has 5 aromatic rings. The smallest absolute Gasteiger partial charge is 0.336 e. The maximum atomic E-state index is 12.4. The highest BCUT2D eigenvalue weighted by molar-refractivity contribution is 6.01. The fraction of sp³-hybridized carbons (Fsp3) is 0.125. The Balaban J connectivity index is 1.45. The molecule has 0 spiro atoms. The van der Waals surface area contributed by atoms with Gasteiger partial charge in [0.1, 0.15) is 22.9 Å². The van der Waals surface area contributed by atoms with E-state index in [2.05, 4.69) is 22.6 Å². The van der Waals surface area contributed by atoms with Crippen LogP contribution in [0.1, 0.15) is 40.4 Å². The minimum absolute atomic E-state index is 0.201. The van der Waals surface area contributed by atoms with Gasteiger partial charge < -0.3 is 19.7 Å². The Morgan fingerprint density at radius 3 is 2.34 bits per heavy atom. The second-order valence-electron chi connectivity index (χ2n) is 9.43. The number of para-hydroxylation sites is 1. The van der Waals surface area contributed by atoms with Crippen LogP contribution in [0.4, 0.5) is 11.4 Å². The third-order valence-electron chi connectivity index (χ3n) is 6.72. The van der Waals surface area contributed by atoms with Crippen molar-refractivity contribution in [3.63, 3.8) is 0 Å². The third-order valence-corrected chi connectivity index (χ3v) is 6.72. The summed E-state index contributed by atoms with van der Waals surface area (Å²) in [5.74, 6) is 1.10. The van der Waals surface area contributed by atoms with Gasteiger partial charge in [-0.25, -0.2) is 4.79 Å². The van der Waals surface area contributed by atoms with Gasteiger partial charge >= 0.3 is 5.97 Å². The lowest BCUT2D eigenvalue weighted by Crippen LogP contribution is -2.05. The zero-order chi connectivity index (χ0) is 26.1. The Hall–Kier alpha value is -4.84. The molecule has 1 aromatic heterocycles. The largest absolute Gasteiger partial charge is 0.478 e. The first kappa shape index (κ1) is 23.6. The molecule has 0 aliphatic heterocycles. The number of aryl methyl sites for hydroxylation is 1. The molecule has 4 aromatic carbocycles. The molecule has 6 rings (SSSR count). The fourth-order valence-electron chi connectivity index (χ4n) is 4.80. The molecular weight excluding hydrogens is 476 g/mol. The summed E-state index contributed by atoms with van der Waals surface area (Å²) in [4.78, 5) is 12.4. The van der Waals surface area contributed by atoms with Crippen LogP contribution in [0, 0.1) is 6.92 Å². The second kappa shape index (κ2) is 9.90. The van der Waals surface area contributed by atoms with Gasteiger partial charge in [0.2, 0.25) is 0 Å². The molecule has 1 fully saturated rings. The molecule has 0 unspecified atom stereocenters. The van der Waals surface area contributed by atoms with Gasteiger partial charge in [-0.3, -0.25) is 0 Å². The SMILES string of the molecule is Cc1noc(-c2c(C(=O)O)ccc(-c3ccccc3)c2C2CC2)c1Nc1cccc(Oc2ccccc2)c1. The van der Waals surface area contributed by atoms with Gasteiger partial charge in [-0.15, -0.1) is 0 Å². The van der Waals surface area contributed by atoms with E-state index >= 15 is 0 Å². The Labute approximate surface area is 220 Å². The number of nitrogens with zero attached hydrogens (tertiary/aromatic N) is 1. The molecule has 2 N–H and O–H groups in total. The summed E-state index contributed by atoms with van der Waals surface area (Å²) in [5, 5.41) is 17.8. The van der Waals surface area contributed by atoms with E-state index in [1.807, 2.05) is 85.8 Å². The number of carboxylic acids is 1. The van der Waals surface area contributed by atoms with Crippen LogP contribution in [0.2, 0.25) is 0 Å². The van der Waals surface area contributed by atoms with Crippen LogP contribution >= 0.6 is 0 Å². The van der Waals surface area contributed by atoms with Gasteiger partial charge in [0.15, 0.2) is 5.76 Å². The van der Waals surface area contributed by atoms with Gasteiger partial charge in [0.05, 0.1) is 5.56 Å². The number of carboxylic acid groups (broad SMARTS) is 1. The number of ether oxygens (including phenoxy) is 1. The van der Waals surface area contributed by atoms with E-state index in [1.54, 1.807) is 6.07 Å². The van der Waals surface area contributed by atoms with E-state index in [0.29, 0.717) is 28.5 Å². The molecular formula is C32H26N2O4. The predicted molar refractivity (Wildman–Crippen MR) is 147 cm³/mol. The van der Waals surface area contributed by atoms with E-state index in [0.717, 1.165) is 41.0 Å². The van der Waals surface area contributed by atoms with Gasteiger partial charge in [0, 0.05) is 17.3 Å². The number of anilines is 2. The highest BCUT2D eigenvalue weighted by Crippen LogP contribution is 2.51. The van der Waals surface area contributed by atoms with Crippen LogP contribution < -0.4 is 10.1 Å². The van der Waals surface area contributed by atoms with Gasteiger partial charge in [0.25, 0.3) is 0 Å². The fourth-order valence-corrected chi connectivity index (χ4v) is 4.80. The summed E-state index contributed by atoms with van der Waals surface area (Å²) in [5.41, 5.74) is 5.89. The number of benzene rings is 4. The van der Waals surface area contributed by atoms with E-state index in [1.165, 1.54) is 0 Å². The normalized spacial score (nSPS) is 12.8. The summed E-state index contributed by atoms with van der Waals surface area (Å²) in [6.45, 7) is 1.85. The van der Waals surface area contributed by atoms with Crippen molar-refractivity contribution in [2.75, 3.05) is 5.32 Å². The lowest BCUT2D eigenvalue weighted by atomic mass is 9.87. The van der Waals surface area contributed by atoms with E-state index < -0.39 is 5.97 Å². The highest BCUT2D eigenvalue weighted by atomic mass is 16.5. The molecule has 188 valence electrons. The molecule has 0 atom stereocenters. The average Bonchev–Trinajstić information content (AvgIpc) is 3.72. The summed E-state index contributed by atoms with van der Waals surface area (Å²) < 4.78 is 11.9. The van der Waals surface area contributed by atoms with Crippen LogP contribution in [0.3, 0.4) is 0 Å². The van der Waals surface area contributed by atoms with Crippen molar-refractivity contribution < 1.29 is 19.2 Å². The van der Waals surface area contributed by atoms with E-state index in [4.69, 9.17) is 9.26 Å². The van der Waals surface area contributed by atoms with Crippen LogP contribution in [-0.4, -0.2) is 16.2 Å². The van der Waals surface area contributed by atoms with Crippen LogP contribution in [-0.2, 0) is 0 Å². The van der Waals surface area contributed by atoms with Crippen LogP contribution in [0.5, 0.6) is 11.5 Å². The Morgan fingerprint density at radius 2 is 1.63 bits per heavy atom. The Kier molecular flexibility index (Phi) is 6.14. The zero-order valence-electron chi connectivity index (χ0n) is 20.8. The van der Waals surface area contributed by atoms with Crippen molar-refractivity contribution in [2.45, 2.75) is 25.7 Å². The first-order valence-electron chi connectivity index (χ1n) is 12.6. The topological polar surface area (TPSA) is 84.6 Å². The van der Waals surface area contributed by atoms with Crippen molar-refractivity contribution in [2.24, 2.45) is 0 Å². The minimum Gasteiger partial charge on any atom is -0.478 e. The van der Waals surface area contributed by atoms with Crippen molar-refractivity contribution >= 4 is 17.3 Å². The lowest BCUT2D eigenvalue weighted by molar-refractivity contribution is 0.0697. The summed E-state index contributed by atoms with van der Waals surface area (Å²) in [6, 6.07) is 30.8. The Morgan fingerprint density at radius 1 is 0.921 bits per heavy atom. The summed E-state index contributed by atoms with van der Waals surface area (Å²) in [6.07, 6.45) is 2.01. The van der Waals surface area contributed by atoms with E-state index in [-0.39, 0.29) is 11.5 Å². The number of carbonyl (C=O) groups is 1. The minimum atomic E-state index is -1.00. The number of rotatable bonds is 8. The number of hydrogen-bond acceptors (Lipinski definition) is 5. The van der Waals surface area contributed by atoms with Gasteiger partial charge in [-0.2, -0.15) is 0 Å². The standard InChI is InChI=1S/C32H26N2O4/c1-20-30(33-23-11-8-14-25(19-23)37-24-12-6-3-7-13-24)31(38-34-20)29-27(32(35)36)18-17-26(28(29)22-15-16-22)21-9-4-2-5-10-21/h2-14,17-19,22,33H,15-16H2,1H3,(H,35,36). The van der Waals surface area contributed by atoms with Crippen LogP contribution in [0.15, 0.2) is 102 Å². The number of hydrogen-bond donors (Lipinski definition) is 2. The van der Waals surface area contributed by atoms with Gasteiger partial charge in [-0.1, -0.05) is 65.8 Å². The molecule has 1 heterocycles. The monoisotopic (exact) mass is 502 g/mol. The number of aromatic nitrogens is 1. The zero-order valence-corrected chi connectivity index (χ0v) is 20.8. The van der Waals surface area contributed by atoms with Crippen molar-refractivity contribution in [3.8, 4) is 33.9 Å². The summed E-state index contributed by atoms with van der Waals surface area (Å²) >= 11 is 0.